The van der Waals surface area contributed by atoms with Crippen LogP contribution in [0.3, 0.4) is 0 Å². The lowest BCUT2D eigenvalue weighted by Gasteiger charge is -2.07. The van der Waals surface area contributed by atoms with E-state index in [0.717, 1.165) is 18.5 Å². The number of fused-ring (bicyclic) bond motifs is 1. The number of nitrogens with one attached hydrogen (secondary N) is 1. The molecule has 0 unspecified atom stereocenters. The van der Waals surface area contributed by atoms with Gasteiger partial charge in [0.05, 0.1) is 5.69 Å². The Balaban J connectivity index is 1.60. The molecule has 0 bridgehead atoms. The highest BCUT2D eigenvalue weighted by atomic mass is 16.3. The molecule has 1 aromatic carbocycles. The minimum absolute atomic E-state index is 0.0278. The van der Waals surface area contributed by atoms with Gasteiger partial charge in [-0.25, -0.2) is 4.68 Å². The molecule has 1 aliphatic carbocycles. The lowest BCUT2D eigenvalue weighted by Crippen LogP contribution is -2.19. The van der Waals surface area contributed by atoms with Crippen molar-refractivity contribution in [2.24, 2.45) is 0 Å². The van der Waals surface area contributed by atoms with Gasteiger partial charge in [-0.05, 0) is 42.5 Å². The average Bonchev–Trinajstić information content (AvgIpc) is 3.08. The van der Waals surface area contributed by atoms with E-state index in [1.54, 1.807) is 6.20 Å². The normalized spacial score (nSPS) is 13.2. The van der Waals surface area contributed by atoms with E-state index in [0.29, 0.717) is 12.1 Å². The maximum absolute atomic E-state index is 12.0. The van der Waals surface area contributed by atoms with E-state index in [1.807, 2.05) is 6.07 Å². The van der Waals surface area contributed by atoms with Crippen LogP contribution in [-0.4, -0.2) is 32.6 Å². The van der Waals surface area contributed by atoms with Crippen LogP contribution in [0.4, 0.5) is 5.69 Å². The predicted molar refractivity (Wildman–Crippen MR) is 77.9 cm³/mol. The van der Waals surface area contributed by atoms with Crippen molar-refractivity contribution in [1.29, 1.82) is 0 Å². The zero-order valence-corrected chi connectivity index (χ0v) is 11.7. The van der Waals surface area contributed by atoms with E-state index < -0.39 is 0 Å². The number of amides is 1. The molecule has 1 aliphatic rings. The molecule has 1 aromatic heterocycles. The van der Waals surface area contributed by atoms with Crippen molar-refractivity contribution in [2.45, 2.75) is 32.2 Å². The molecular weight excluding hydrogens is 268 g/mol. The summed E-state index contributed by atoms with van der Waals surface area (Å²) in [4.78, 5) is 12.0. The van der Waals surface area contributed by atoms with Gasteiger partial charge in [-0.2, -0.15) is 0 Å². The van der Waals surface area contributed by atoms with Crippen LogP contribution in [-0.2, 0) is 30.6 Å². The van der Waals surface area contributed by atoms with E-state index in [9.17, 15) is 4.79 Å². The highest BCUT2D eigenvalue weighted by molar-refractivity contribution is 5.90. The Morgan fingerprint density at radius 1 is 1.33 bits per heavy atom. The summed E-state index contributed by atoms with van der Waals surface area (Å²) in [7, 11) is 0. The number of aryl methyl sites for hydroxylation is 2. The first-order valence-electron chi connectivity index (χ1n) is 7.16. The van der Waals surface area contributed by atoms with E-state index in [1.165, 1.54) is 22.2 Å². The average molecular weight is 286 g/mol. The fraction of sp³-hybridized carbons (Fsp3) is 0.400. The number of carbonyl (C=O) groups is 1. The molecule has 2 aromatic rings. The summed E-state index contributed by atoms with van der Waals surface area (Å²) in [6.45, 7) is 0.148. The Labute approximate surface area is 122 Å². The summed E-state index contributed by atoms with van der Waals surface area (Å²) in [5.74, 6) is -0.131. The van der Waals surface area contributed by atoms with Crippen LogP contribution < -0.4 is 5.32 Å². The quantitative estimate of drug-likeness (QED) is 0.857. The number of rotatable bonds is 5. The lowest BCUT2D eigenvalue weighted by molar-refractivity contribution is -0.116. The van der Waals surface area contributed by atoms with Crippen LogP contribution in [0.2, 0.25) is 0 Å². The van der Waals surface area contributed by atoms with Gasteiger partial charge in [0.1, 0.15) is 6.54 Å². The Bertz CT molecular complexity index is 651. The second-order valence-electron chi connectivity index (χ2n) is 5.27. The Kier molecular flexibility index (Phi) is 3.96. The largest absolute Gasteiger partial charge is 0.396 e. The Morgan fingerprint density at radius 3 is 3.05 bits per heavy atom. The van der Waals surface area contributed by atoms with Gasteiger partial charge in [-0.3, -0.25) is 4.79 Å². The molecular formula is C15H18N4O2. The number of aliphatic hydroxyl groups excluding tert-OH is 1. The smallest absolute Gasteiger partial charge is 0.246 e. The third-order valence-electron chi connectivity index (χ3n) is 3.64. The summed E-state index contributed by atoms with van der Waals surface area (Å²) < 4.78 is 1.48. The van der Waals surface area contributed by atoms with Gasteiger partial charge >= 0.3 is 0 Å². The zero-order chi connectivity index (χ0) is 14.7. The van der Waals surface area contributed by atoms with Crippen LogP contribution in [0.1, 0.15) is 23.2 Å². The van der Waals surface area contributed by atoms with Crippen LogP contribution in [0.25, 0.3) is 0 Å². The van der Waals surface area contributed by atoms with Gasteiger partial charge in [0.15, 0.2) is 0 Å². The second-order valence-corrected chi connectivity index (χ2v) is 5.27. The maximum Gasteiger partial charge on any atom is 0.246 e. The first-order valence-corrected chi connectivity index (χ1v) is 7.16. The molecule has 6 heteroatoms. The minimum Gasteiger partial charge on any atom is -0.396 e. The number of hydrogen-bond acceptors (Lipinski definition) is 4. The van der Waals surface area contributed by atoms with Crippen molar-refractivity contribution < 1.29 is 9.90 Å². The summed E-state index contributed by atoms with van der Waals surface area (Å²) in [5, 5.41) is 19.5. The summed E-state index contributed by atoms with van der Waals surface area (Å²) in [5.41, 5.74) is 4.23. The highest BCUT2D eigenvalue weighted by Crippen LogP contribution is 2.24. The third kappa shape index (κ3) is 3.28. The highest BCUT2D eigenvalue weighted by Gasteiger charge is 2.12. The molecule has 1 amide bonds. The second kappa shape index (κ2) is 6.05. The molecule has 2 N–H and O–H groups in total. The summed E-state index contributed by atoms with van der Waals surface area (Å²) in [6, 6.07) is 6.09. The fourth-order valence-electron chi connectivity index (χ4n) is 2.64. The van der Waals surface area contributed by atoms with Crippen molar-refractivity contribution in [2.75, 3.05) is 11.9 Å². The van der Waals surface area contributed by atoms with Gasteiger partial charge in [0, 0.05) is 24.9 Å². The summed E-state index contributed by atoms with van der Waals surface area (Å²) >= 11 is 0. The van der Waals surface area contributed by atoms with Gasteiger partial charge in [-0.1, -0.05) is 11.3 Å². The fourth-order valence-corrected chi connectivity index (χ4v) is 2.64. The van der Waals surface area contributed by atoms with Crippen LogP contribution in [0, 0.1) is 0 Å². The summed E-state index contributed by atoms with van der Waals surface area (Å²) in [6.07, 6.45) is 5.55. The van der Waals surface area contributed by atoms with Crippen molar-refractivity contribution in [3.8, 4) is 0 Å². The number of hydrogen-bond donors (Lipinski definition) is 2. The number of carbonyl (C=O) groups excluding carboxylic acids is 1. The van der Waals surface area contributed by atoms with Gasteiger partial charge < -0.3 is 10.4 Å². The Hall–Kier alpha value is -2.21. The molecule has 0 radical (unpaired) electrons. The first-order chi connectivity index (χ1) is 10.2. The molecule has 110 valence electrons. The molecule has 0 saturated heterocycles. The van der Waals surface area contributed by atoms with E-state index >= 15 is 0 Å². The minimum atomic E-state index is -0.131. The molecule has 1 heterocycles. The first kappa shape index (κ1) is 13.8. The van der Waals surface area contributed by atoms with Gasteiger partial charge in [0.25, 0.3) is 0 Å². The molecule has 0 fully saturated rings. The molecule has 0 saturated carbocycles. The molecule has 0 aliphatic heterocycles. The number of anilines is 1. The van der Waals surface area contributed by atoms with Crippen LogP contribution in [0.15, 0.2) is 24.4 Å². The third-order valence-corrected chi connectivity index (χ3v) is 3.64. The zero-order valence-electron chi connectivity index (χ0n) is 11.7. The van der Waals surface area contributed by atoms with Crippen molar-refractivity contribution in [3.63, 3.8) is 0 Å². The topological polar surface area (TPSA) is 80.0 Å². The number of nitrogens with zero attached hydrogens (tertiary/aromatic N) is 3. The number of aromatic nitrogens is 3. The van der Waals surface area contributed by atoms with Crippen molar-refractivity contribution >= 4 is 11.6 Å². The van der Waals surface area contributed by atoms with Gasteiger partial charge in [-0.15, -0.1) is 5.10 Å². The van der Waals surface area contributed by atoms with Crippen molar-refractivity contribution in [1.82, 2.24) is 15.0 Å². The van der Waals surface area contributed by atoms with E-state index in [2.05, 4.69) is 27.8 Å². The molecule has 6 nitrogen and oxygen atoms in total. The van der Waals surface area contributed by atoms with Crippen LogP contribution >= 0.6 is 0 Å². The van der Waals surface area contributed by atoms with Crippen LogP contribution in [0.5, 0.6) is 0 Å². The van der Waals surface area contributed by atoms with E-state index in [-0.39, 0.29) is 19.1 Å². The standard InChI is InChI=1S/C15H18N4O2/c20-7-6-14-9-19(18-17-14)10-15(21)16-13-5-4-11-2-1-3-12(11)8-13/h4-5,8-9,20H,1-3,6-7,10H2,(H,16,21). The molecule has 3 rings (SSSR count). The monoisotopic (exact) mass is 286 g/mol. The lowest BCUT2D eigenvalue weighted by atomic mass is 10.1. The number of aliphatic hydroxyl groups is 1. The van der Waals surface area contributed by atoms with Gasteiger partial charge in [0.2, 0.25) is 5.91 Å². The molecule has 0 atom stereocenters. The number of benzene rings is 1. The van der Waals surface area contributed by atoms with E-state index in [4.69, 9.17) is 5.11 Å². The maximum atomic E-state index is 12.0. The predicted octanol–water partition coefficient (Wildman–Crippen LogP) is 0.940. The molecule has 0 spiro atoms. The SMILES string of the molecule is O=C(Cn1cc(CCO)nn1)Nc1ccc2c(c1)CCC2. The van der Waals surface area contributed by atoms with Crippen molar-refractivity contribution in [3.05, 3.63) is 41.2 Å². The molecule has 21 heavy (non-hydrogen) atoms. The Morgan fingerprint density at radius 2 is 2.19 bits per heavy atom.